The molecular weight excluding hydrogens is 294 g/mol. The SMILES string of the molecule is COc1cccc(CC(=O)NCC(Br)C(C)C)c1. The number of methoxy groups -OCH3 is 1. The summed E-state index contributed by atoms with van der Waals surface area (Å²) >= 11 is 3.54. The van der Waals surface area contributed by atoms with E-state index < -0.39 is 0 Å². The fourth-order valence-corrected chi connectivity index (χ4v) is 1.64. The molecule has 0 aliphatic carbocycles. The maximum Gasteiger partial charge on any atom is 0.224 e. The first kappa shape index (κ1) is 15.0. The lowest BCUT2D eigenvalue weighted by atomic mass is 10.1. The predicted octanol–water partition coefficient (Wildman–Crippen LogP) is 2.77. The van der Waals surface area contributed by atoms with E-state index in [0.717, 1.165) is 11.3 Å². The van der Waals surface area contributed by atoms with Crippen LogP contribution in [-0.2, 0) is 11.2 Å². The maximum absolute atomic E-state index is 11.8. The van der Waals surface area contributed by atoms with E-state index >= 15 is 0 Å². The van der Waals surface area contributed by atoms with Gasteiger partial charge in [-0.1, -0.05) is 41.9 Å². The highest BCUT2D eigenvalue weighted by Gasteiger charge is 2.11. The highest BCUT2D eigenvalue weighted by molar-refractivity contribution is 9.09. The molecule has 1 amide bonds. The van der Waals surface area contributed by atoms with Crippen LogP contribution in [0.25, 0.3) is 0 Å². The Morgan fingerprint density at radius 3 is 2.78 bits per heavy atom. The molecule has 0 spiro atoms. The van der Waals surface area contributed by atoms with E-state index in [1.807, 2.05) is 24.3 Å². The topological polar surface area (TPSA) is 38.3 Å². The Morgan fingerprint density at radius 1 is 1.44 bits per heavy atom. The zero-order valence-electron chi connectivity index (χ0n) is 11.1. The first-order chi connectivity index (χ1) is 8.52. The lowest BCUT2D eigenvalue weighted by molar-refractivity contribution is -0.120. The summed E-state index contributed by atoms with van der Waals surface area (Å²) in [6, 6.07) is 7.57. The largest absolute Gasteiger partial charge is 0.497 e. The van der Waals surface area contributed by atoms with Gasteiger partial charge in [-0.3, -0.25) is 4.79 Å². The van der Waals surface area contributed by atoms with Gasteiger partial charge >= 0.3 is 0 Å². The van der Waals surface area contributed by atoms with Crippen LogP contribution in [0.15, 0.2) is 24.3 Å². The van der Waals surface area contributed by atoms with Gasteiger partial charge in [0.05, 0.1) is 13.5 Å². The molecule has 0 aromatic heterocycles. The number of ether oxygens (including phenoxy) is 1. The van der Waals surface area contributed by atoms with Crippen molar-refractivity contribution in [3.8, 4) is 5.75 Å². The summed E-state index contributed by atoms with van der Waals surface area (Å²) < 4.78 is 5.13. The van der Waals surface area contributed by atoms with Crippen LogP contribution in [0.2, 0.25) is 0 Å². The Morgan fingerprint density at radius 2 is 2.17 bits per heavy atom. The van der Waals surface area contributed by atoms with E-state index in [2.05, 4.69) is 35.1 Å². The number of alkyl halides is 1. The minimum absolute atomic E-state index is 0.0355. The number of benzene rings is 1. The Hall–Kier alpha value is -1.03. The van der Waals surface area contributed by atoms with Gasteiger partial charge < -0.3 is 10.1 Å². The van der Waals surface area contributed by atoms with Crippen LogP contribution < -0.4 is 10.1 Å². The number of hydrogen-bond acceptors (Lipinski definition) is 2. The molecule has 1 unspecified atom stereocenters. The van der Waals surface area contributed by atoms with E-state index in [1.165, 1.54) is 0 Å². The van der Waals surface area contributed by atoms with Gasteiger partial charge in [0.15, 0.2) is 0 Å². The number of hydrogen-bond donors (Lipinski definition) is 1. The Bertz CT molecular complexity index is 393. The third-order valence-electron chi connectivity index (χ3n) is 2.72. The lowest BCUT2D eigenvalue weighted by Crippen LogP contribution is -2.32. The molecule has 18 heavy (non-hydrogen) atoms. The zero-order chi connectivity index (χ0) is 13.5. The number of rotatable bonds is 6. The summed E-state index contributed by atoms with van der Waals surface area (Å²) in [6.07, 6.45) is 0.384. The van der Waals surface area contributed by atoms with Crippen LogP contribution in [0.1, 0.15) is 19.4 Å². The molecule has 1 aromatic rings. The van der Waals surface area contributed by atoms with Crippen molar-refractivity contribution in [3.05, 3.63) is 29.8 Å². The molecule has 0 aliphatic heterocycles. The summed E-state index contributed by atoms with van der Waals surface area (Å²) in [4.78, 5) is 12.1. The number of halogens is 1. The molecule has 1 aromatic carbocycles. The van der Waals surface area contributed by atoms with Crippen molar-refractivity contribution in [1.82, 2.24) is 5.32 Å². The fraction of sp³-hybridized carbons (Fsp3) is 0.500. The summed E-state index contributed by atoms with van der Waals surface area (Å²) in [6.45, 7) is 4.89. The van der Waals surface area contributed by atoms with Crippen molar-refractivity contribution in [3.63, 3.8) is 0 Å². The van der Waals surface area contributed by atoms with Gasteiger partial charge in [0.2, 0.25) is 5.91 Å². The average molecular weight is 314 g/mol. The van der Waals surface area contributed by atoms with Gasteiger partial charge in [0.1, 0.15) is 5.75 Å². The van der Waals surface area contributed by atoms with E-state index in [9.17, 15) is 4.79 Å². The monoisotopic (exact) mass is 313 g/mol. The van der Waals surface area contributed by atoms with Crippen molar-refractivity contribution < 1.29 is 9.53 Å². The van der Waals surface area contributed by atoms with Crippen molar-refractivity contribution in [2.45, 2.75) is 25.1 Å². The van der Waals surface area contributed by atoms with E-state index in [-0.39, 0.29) is 5.91 Å². The number of nitrogens with one attached hydrogen (secondary N) is 1. The van der Waals surface area contributed by atoms with Crippen LogP contribution in [0.3, 0.4) is 0 Å². The van der Waals surface area contributed by atoms with Crippen LogP contribution >= 0.6 is 15.9 Å². The summed E-state index contributed by atoms with van der Waals surface area (Å²) in [5.74, 6) is 1.32. The molecule has 1 rings (SSSR count). The Labute approximate surface area is 117 Å². The second kappa shape index (κ2) is 7.41. The molecule has 0 bridgehead atoms. The smallest absolute Gasteiger partial charge is 0.224 e. The molecule has 0 aliphatic rings. The molecule has 3 nitrogen and oxygen atoms in total. The molecule has 4 heteroatoms. The standard InChI is InChI=1S/C14H20BrNO2/c1-10(2)13(15)9-16-14(17)8-11-5-4-6-12(7-11)18-3/h4-7,10,13H,8-9H2,1-3H3,(H,16,17). The first-order valence-electron chi connectivity index (χ1n) is 6.06. The fourth-order valence-electron chi connectivity index (χ4n) is 1.48. The van der Waals surface area contributed by atoms with Crippen molar-refractivity contribution in [1.29, 1.82) is 0 Å². The summed E-state index contributed by atoms with van der Waals surface area (Å²) in [5, 5.41) is 2.92. The minimum Gasteiger partial charge on any atom is -0.497 e. The highest BCUT2D eigenvalue weighted by Crippen LogP contribution is 2.13. The van der Waals surface area contributed by atoms with Gasteiger partial charge in [-0.05, 0) is 23.6 Å². The molecule has 0 saturated carbocycles. The van der Waals surface area contributed by atoms with Crippen LogP contribution in [0, 0.1) is 5.92 Å². The molecule has 1 N–H and O–H groups in total. The van der Waals surface area contributed by atoms with Gasteiger partial charge in [-0.25, -0.2) is 0 Å². The second-order valence-corrected chi connectivity index (χ2v) is 5.77. The van der Waals surface area contributed by atoms with E-state index in [4.69, 9.17) is 4.74 Å². The van der Waals surface area contributed by atoms with Crippen LogP contribution in [-0.4, -0.2) is 24.4 Å². The Balaban J connectivity index is 2.44. The summed E-state index contributed by atoms with van der Waals surface area (Å²) in [7, 11) is 1.62. The third kappa shape index (κ3) is 5.08. The van der Waals surface area contributed by atoms with Crippen LogP contribution in [0.5, 0.6) is 5.75 Å². The lowest BCUT2D eigenvalue weighted by Gasteiger charge is -2.14. The van der Waals surface area contributed by atoms with Gasteiger partial charge in [-0.15, -0.1) is 0 Å². The Kier molecular flexibility index (Phi) is 6.19. The van der Waals surface area contributed by atoms with Crippen molar-refractivity contribution in [2.75, 3.05) is 13.7 Å². The number of carbonyl (C=O) groups is 1. The molecular formula is C14H20BrNO2. The first-order valence-corrected chi connectivity index (χ1v) is 6.98. The highest BCUT2D eigenvalue weighted by atomic mass is 79.9. The molecule has 0 saturated heterocycles. The van der Waals surface area contributed by atoms with Gasteiger partial charge in [-0.2, -0.15) is 0 Å². The molecule has 100 valence electrons. The number of amides is 1. The molecule has 1 atom stereocenters. The van der Waals surface area contributed by atoms with E-state index in [1.54, 1.807) is 7.11 Å². The van der Waals surface area contributed by atoms with Gasteiger partial charge in [0, 0.05) is 11.4 Å². The average Bonchev–Trinajstić information content (AvgIpc) is 2.36. The molecule has 0 radical (unpaired) electrons. The van der Waals surface area contributed by atoms with E-state index in [0.29, 0.717) is 23.7 Å². The van der Waals surface area contributed by atoms with Crippen molar-refractivity contribution in [2.24, 2.45) is 5.92 Å². The van der Waals surface area contributed by atoms with Crippen LogP contribution in [0.4, 0.5) is 0 Å². The van der Waals surface area contributed by atoms with Crippen molar-refractivity contribution >= 4 is 21.8 Å². The predicted molar refractivity (Wildman–Crippen MR) is 77.3 cm³/mol. The quantitative estimate of drug-likeness (QED) is 0.820. The summed E-state index contributed by atoms with van der Waals surface area (Å²) in [5.41, 5.74) is 0.961. The van der Waals surface area contributed by atoms with Gasteiger partial charge in [0.25, 0.3) is 0 Å². The number of carbonyl (C=O) groups excluding carboxylic acids is 1. The second-order valence-electron chi connectivity index (χ2n) is 4.59. The zero-order valence-corrected chi connectivity index (χ0v) is 12.7. The third-order valence-corrected chi connectivity index (χ3v) is 4.10. The molecule has 0 fully saturated rings. The maximum atomic E-state index is 11.8. The minimum atomic E-state index is 0.0355. The normalized spacial score (nSPS) is 12.3. The molecule has 0 heterocycles.